The summed E-state index contributed by atoms with van der Waals surface area (Å²) >= 11 is 7.55. The number of hydrogen-bond donors (Lipinski definition) is 2. The van der Waals surface area contributed by atoms with Crippen molar-refractivity contribution in [3.63, 3.8) is 0 Å². The number of hydrogen-bond acceptors (Lipinski definition) is 5. The highest BCUT2D eigenvalue weighted by molar-refractivity contribution is 7.99. The number of sulfonamides is 1. The summed E-state index contributed by atoms with van der Waals surface area (Å²) in [6, 6.07) is 18.7. The molecule has 3 aromatic rings. The molecule has 0 saturated carbocycles. The van der Waals surface area contributed by atoms with E-state index in [1.54, 1.807) is 44.4 Å². The summed E-state index contributed by atoms with van der Waals surface area (Å²) in [4.78, 5) is 12.3. The lowest BCUT2D eigenvalue weighted by atomic mass is 10.2. The number of anilines is 2. The van der Waals surface area contributed by atoms with Crippen LogP contribution in [0.2, 0.25) is 5.02 Å². The summed E-state index contributed by atoms with van der Waals surface area (Å²) in [7, 11) is -2.16. The quantitative estimate of drug-likeness (QED) is 0.423. The van der Waals surface area contributed by atoms with Gasteiger partial charge in [-0.2, -0.15) is 0 Å². The minimum atomic E-state index is -3.78. The van der Waals surface area contributed by atoms with Gasteiger partial charge in [-0.25, -0.2) is 8.42 Å². The van der Waals surface area contributed by atoms with Crippen molar-refractivity contribution in [3.05, 3.63) is 82.9 Å². The third-order valence-corrected chi connectivity index (χ3v) is 7.42. The third kappa shape index (κ3) is 6.41. The molecule has 6 nitrogen and oxygen atoms in total. The fraction of sp³-hybridized carbons (Fsp3) is 0.174. The van der Waals surface area contributed by atoms with E-state index in [4.69, 9.17) is 16.3 Å². The lowest BCUT2D eigenvalue weighted by Crippen LogP contribution is -2.15. The monoisotopic (exact) mass is 490 g/mol. The SMILES string of the molecule is COc1ccc(CSCC(=O)Nc2ccc(S(=O)(=O)Nc3cccc(Cl)c3C)cc2)cc1. The number of carbonyl (C=O) groups is 1. The molecule has 0 saturated heterocycles. The van der Waals surface area contributed by atoms with Gasteiger partial charge < -0.3 is 10.1 Å². The number of nitrogens with one attached hydrogen (secondary N) is 2. The zero-order valence-corrected chi connectivity index (χ0v) is 20.0. The molecule has 0 radical (unpaired) electrons. The van der Waals surface area contributed by atoms with Gasteiger partial charge in [-0.1, -0.05) is 29.8 Å². The fourth-order valence-corrected chi connectivity index (χ4v) is 4.90. The number of ether oxygens (including phenoxy) is 1. The molecular weight excluding hydrogens is 468 g/mol. The highest BCUT2D eigenvalue weighted by atomic mass is 35.5. The summed E-state index contributed by atoms with van der Waals surface area (Å²) in [5.74, 6) is 1.61. The second kappa shape index (κ2) is 10.8. The maximum absolute atomic E-state index is 12.7. The molecule has 0 bridgehead atoms. The van der Waals surface area contributed by atoms with Gasteiger partial charge in [0.05, 0.1) is 23.4 Å². The van der Waals surface area contributed by atoms with Crippen LogP contribution in [0.3, 0.4) is 0 Å². The first-order valence-corrected chi connectivity index (χ1v) is 12.7. The normalized spacial score (nSPS) is 11.1. The number of rotatable bonds is 9. The maximum Gasteiger partial charge on any atom is 0.261 e. The Bertz CT molecular complexity index is 1180. The van der Waals surface area contributed by atoms with E-state index in [-0.39, 0.29) is 16.6 Å². The Morgan fingerprint density at radius 1 is 1.03 bits per heavy atom. The molecule has 3 aromatic carbocycles. The molecule has 0 aliphatic rings. The van der Waals surface area contributed by atoms with E-state index < -0.39 is 10.0 Å². The van der Waals surface area contributed by atoms with Gasteiger partial charge in [-0.15, -0.1) is 11.8 Å². The highest BCUT2D eigenvalue weighted by Gasteiger charge is 2.16. The summed E-state index contributed by atoms with van der Waals surface area (Å²) < 4.78 is 33.0. The maximum atomic E-state index is 12.7. The Morgan fingerprint density at radius 2 is 1.72 bits per heavy atom. The van der Waals surface area contributed by atoms with Gasteiger partial charge >= 0.3 is 0 Å². The molecule has 32 heavy (non-hydrogen) atoms. The van der Waals surface area contributed by atoms with Crippen molar-refractivity contribution in [1.82, 2.24) is 0 Å². The second-order valence-corrected chi connectivity index (χ2v) is 10.0. The molecule has 0 unspecified atom stereocenters. The van der Waals surface area contributed by atoms with E-state index in [0.29, 0.717) is 27.7 Å². The summed E-state index contributed by atoms with van der Waals surface area (Å²) in [6.07, 6.45) is 0. The van der Waals surface area contributed by atoms with Gasteiger partial charge in [-0.05, 0) is 66.6 Å². The number of carbonyl (C=O) groups excluding carboxylic acids is 1. The van der Waals surface area contributed by atoms with E-state index >= 15 is 0 Å². The van der Waals surface area contributed by atoms with Gasteiger partial charge in [-0.3, -0.25) is 9.52 Å². The first-order valence-electron chi connectivity index (χ1n) is 9.67. The molecule has 9 heteroatoms. The predicted molar refractivity (Wildman–Crippen MR) is 131 cm³/mol. The van der Waals surface area contributed by atoms with Crippen LogP contribution in [0.25, 0.3) is 0 Å². The number of thioether (sulfide) groups is 1. The van der Waals surface area contributed by atoms with Crippen LogP contribution in [0.1, 0.15) is 11.1 Å². The van der Waals surface area contributed by atoms with E-state index in [9.17, 15) is 13.2 Å². The van der Waals surface area contributed by atoms with Gasteiger partial charge in [0, 0.05) is 16.5 Å². The minimum absolute atomic E-state index is 0.0868. The average Bonchev–Trinajstić information content (AvgIpc) is 2.77. The topological polar surface area (TPSA) is 84.5 Å². The first kappa shape index (κ1) is 24.0. The zero-order valence-electron chi connectivity index (χ0n) is 17.6. The molecule has 0 spiro atoms. The Hall–Kier alpha value is -2.68. The standard InChI is InChI=1S/C23H23ClN2O4S2/c1-16-21(24)4-3-5-22(16)26-32(28,29)20-12-8-18(9-13-20)25-23(27)15-31-14-17-6-10-19(30-2)11-7-17/h3-13,26H,14-15H2,1-2H3,(H,25,27). The molecule has 1 amide bonds. The Labute approximate surface area is 197 Å². The minimum Gasteiger partial charge on any atom is -0.497 e. The van der Waals surface area contributed by atoms with Crippen LogP contribution in [0.15, 0.2) is 71.6 Å². The van der Waals surface area contributed by atoms with E-state index in [1.165, 1.54) is 23.9 Å². The molecule has 0 aliphatic carbocycles. The van der Waals surface area contributed by atoms with Crippen molar-refractivity contribution in [2.24, 2.45) is 0 Å². The van der Waals surface area contributed by atoms with E-state index in [0.717, 1.165) is 11.3 Å². The number of halogens is 1. The van der Waals surface area contributed by atoms with Crippen LogP contribution in [-0.2, 0) is 20.6 Å². The Balaban J connectivity index is 1.54. The lowest BCUT2D eigenvalue weighted by Gasteiger charge is -2.12. The summed E-state index contributed by atoms with van der Waals surface area (Å²) in [5, 5.41) is 3.26. The molecule has 0 fully saturated rings. The first-order chi connectivity index (χ1) is 15.3. The van der Waals surface area contributed by atoms with Crippen molar-refractivity contribution in [1.29, 1.82) is 0 Å². The number of methoxy groups -OCH3 is 1. The zero-order chi connectivity index (χ0) is 23.1. The highest BCUT2D eigenvalue weighted by Crippen LogP contribution is 2.26. The predicted octanol–water partition coefficient (Wildman–Crippen LogP) is 5.33. The van der Waals surface area contributed by atoms with Crippen molar-refractivity contribution in [3.8, 4) is 5.75 Å². The largest absolute Gasteiger partial charge is 0.497 e. The van der Waals surface area contributed by atoms with Crippen molar-refractivity contribution < 1.29 is 17.9 Å². The van der Waals surface area contributed by atoms with E-state index in [2.05, 4.69) is 10.0 Å². The van der Waals surface area contributed by atoms with Crippen LogP contribution >= 0.6 is 23.4 Å². The molecule has 2 N–H and O–H groups in total. The average molecular weight is 491 g/mol. The van der Waals surface area contributed by atoms with Gasteiger partial charge in [0.1, 0.15) is 5.75 Å². The molecule has 3 rings (SSSR count). The second-order valence-electron chi connectivity index (χ2n) is 6.93. The van der Waals surface area contributed by atoms with Crippen molar-refractivity contribution >= 4 is 50.7 Å². The lowest BCUT2D eigenvalue weighted by molar-refractivity contribution is -0.113. The van der Waals surface area contributed by atoms with Crippen molar-refractivity contribution in [2.45, 2.75) is 17.6 Å². The molecule has 0 atom stereocenters. The van der Waals surface area contributed by atoms with Gasteiger partial charge in [0.2, 0.25) is 5.91 Å². The Kier molecular flexibility index (Phi) is 8.06. The number of benzene rings is 3. The molecular formula is C23H23ClN2O4S2. The summed E-state index contributed by atoms with van der Waals surface area (Å²) in [5.41, 5.74) is 2.69. The summed E-state index contributed by atoms with van der Waals surface area (Å²) in [6.45, 7) is 1.74. The molecule has 0 heterocycles. The van der Waals surface area contributed by atoms with Crippen LogP contribution < -0.4 is 14.8 Å². The molecule has 0 aliphatic heterocycles. The van der Waals surface area contributed by atoms with Crippen LogP contribution in [0.4, 0.5) is 11.4 Å². The number of amides is 1. The van der Waals surface area contributed by atoms with Crippen LogP contribution in [0.5, 0.6) is 5.75 Å². The smallest absolute Gasteiger partial charge is 0.261 e. The third-order valence-electron chi connectivity index (χ3n) is 4.62. The fourth-order valence-electron chi connectivity index (χ4n) is 2.82. The van der Waals surface area contributed by atoms with Crippen LogP contribution in [0, 0.1) is 6.92 Å². The molecule has 0 aromatic heterocycles. The Morgan fingerprint density at radius 3 is 2.38 bits per heavy atom. The van der Waals surface area contributed by atoms with E-state index in [1.807, 2.05) is 24.3 Å². The van der Waals surface area contributed by atoms with Gasteiger partial charge in [0.25, 0.3) is 10.0 Å². The molecule has 168 valence electrons. The van der Waals surface area contributed by atoms with Gasteiger partial charge in [0.15, 0.2) is 0 Å². The van der Waals surface area contributed by atoms with Crippen LogP contribution in [-0.4, -0.2) is 27.2 Å². The van der Waals surface area contributed by atoms with Crippen molar-refractivity contribution in [2.75, 3.05) is 22.9 Å².